The van der Waals surface area contributed by atoms with Gasteiger partial charge in [0, 0.05) is 38.4 Å². The Labute approximate surface area is 223 Å². The van der Waals surface area contributed by atoms with E-state index in [1.165, 1.54) is 0 Å². The second-order valence-electron chi connectivity index (χ2n) is 9.16. The van der Waals surface area contributed by atoms with Crippen molar-refractivity contribution in [2.45, 2.75) is 13.0 Å². The van der Waals surface area contributed by atoms with Gasteiger partial charge in [0.05, 0.1) is 33.1 Å². The minimum atomic E-state index is -0.321. The van der Waals surface area contributed by atoms with E-state index in [1.54, 1.807) is 47.4 Å². The molecule has 0 atom stereocenters. The highest BCUT2D eigenvalue weighted by molar-refractivity contribution is 5.92. The Morgan fingerprint density at radius 2 is 1.71 bits per heavy atom. The number of amides is 3. The summed E-state index contributed by atoms with van der Waals surface area (Å²) in [5, 5.41) is 2.93. The Hall–Kier alpha value is -3.82. The van der Waals surface area contributed by atoms with Gasteiger partial charge in [0.15, 0.2) is 0 Å². The number of nitrogens with zero attached hydrogens (tertiary/aromatic N) is 3. The molecule has 0 aliphatic carbocycles. The molecule has 1 saturated heterocycles. The number of rotatable bonds is 12. The lowest BCUT2D eigenvalue weighted by Gasteiger charge is -2.31. The SMILES string of the molecule is COc1ccc(NC(=O)N(CCN2CCOCC2)CC(=O)N(CCc2ccccc2)Cc2ccco2)cc1. The monoisotopic (exact) mass is 520 g/mol. The number of methoxy groups -OCH3 is 1. The van der Waals surface area contributed by atoms with Crippen LogP contribution >= 0.6 is 0 Å². The third kappa shape index (κ3) is 8.36. The highest BCUT2D eigenvalue weighted by Gasteiger charge is 2.23. The molecule has 1 aromatic heterocycles. The predicted molar refractivity (Wildman–Crippen MR) is 145 cm³/mol. The van der Waals surface area contributed by atoms with Crippen LogP contribution in [0.25, 0.3) is 0 Å². The number of carbonyl (C=O) groups excluding carboxylic acids is 2. The number of furan rings is 1. The van der Waals surface area contributed by atoms with Crippen molar-refractivity contribution in [3.05, 3.63) is 84.3 Å². The zero-order valence-corrected chi connectivity index (χ0v) is 21.9. The van der Waals surface area contributed by atoms with Gasteiger partial charge in [-0.1, -0.05) is 30.3 Å². The van der Waals surface area contributed by atoms with Crippen molar-refractivity contribution in [2.24, 2.45) is 0 Å². The van der Waals surface area contributed by atoms with E-state index < -0.39 is 0 Å². The maximum absolute atomic E-state index is 13.6. The Morgan fingerprint density at radius 3 is 2.39 bits per heavy atom. The summed E-state index contributed by atoms with van der Waals surface area (Å²) in [6.45, 7) is 4.86. The first-order chi connectivity index (χ1) is 18.6. The highest BCUT2D eigenvalue weighted by Crippen LogP contribution is 2.16. The van der Waals surface area contributed by atoms with Crippen molar-refractivity contribution in [3.63, 3.8) is 0 Å². The predicted octanol–water partition coefficient (Wildman–Crippen LogP) is 3.73. The number of ether oxygens (including phenoxy) is 2. The van der Waals surface area contributed by atoms with Crippen molar-refractivity contribution < 1.29 is 23.5 Å². The fraction of sp³-hybridized carbons (Fsp3) is 0.379. The van der Waals surface area contributed by atoms with Crippen LogP contribution in [0.1, 0.15) is 11.3 Å². The maximum atomic E-state index is 13.6. The van der Waals surface area contributed by atoms with Crippen molar-refractivity contribution in [2.75, 3.05) is 64.9 Å². The Bertz CT molecular complexity index is 1120. The van der Waals surface area contributed by atoms with Crippen molar-refractivity contribution >= 4 is 17.6 Å². The second kappa shape index (κ2) is 14.2. The van der Waals surface area contributed by atoms with Crippen LogP contribution in [0.15, 0.2) is 77.4 Å². The topological polar surface area (TPSA) is 87.5 Å². The van der Waals surface area contributed by atoms with Crippen LogP contribution in [0.2, 0.25) is 0 Å². The number of hydrogen-bond donors (Lipinski definition) is 1. The number of urea groups is 1. The minimum absolute atomic E-state index is 0.0399. The fourth-order valence-electron chi connectivity index (χ4n) is 4.27. The second-order valence-corrected chi connectivity index (χ2v) is 9.16. The molecule has 9 nitrogen and oxygen atoms in total. The molecular formula is C29H36N4O5. The van der Waals surface area contributed by atoms with Gasteiger partial charge in [0.1, 0.15) is 18.1 Å². The van der Waals surface area contributed by atoms with Gasteiger partial charge in [0.25, 0.3) is 0 Å². The third-order valence-electron chi connectivity index (χ3n) is 6.54. The molecule has 2 aromatic carbocycles. The van der Waals surface area contributed by atoms with Gasteiger partial charge in [-0.3, -0.25) is 9.69 Å². The third-order valence-corrected chi connectivity index (χ3v) is 6.54. The van der Waals surface area contributed by atoms with E-state index in [2.05, 4.69) is 10.2 Å². The zero-order chi connectivity index (χ0) is 26.6. The van der Waals surface area contributed by atoms with E-state index >= 15 is 0 Å². The molecule has 0 saturated carbocycles. The highest BCUT2D eigenvalue weighted by atomic mass is 16.5. The molecular weight excluding hydrogens is 484 g/mol. The molecule has 1 N–H and O–H groups in total. The van der Waals surface area contributed by atoms with E-state index in [-0.39, 0.29) is 18.5 Å². The number of benzene rings is 2. The summed E-state index contributed by atoms with van der Waals surface area (Å²) >= 11 is 0. The molecule has 3 aromatic rings. The molecule has 9 heteroatoms. The van der Waals surface area contributed by atoms with Gasteiger partial charge in [0.2, 0.25) is 5.91 Å². The van der Waals surface area contributed by atoms with Crippen molar-refractivity contribution in [3.8, 4) is 5.75 Å². The number of hydrogen-bond acceptors (Lipinski definition) is 6. The van der Waals surface area contributed by atoms with Crippen molar-refractivity contribution in [1.29, 1.82) is 0 Å². The van der Waals surface area contributed by atoms with Crippen LogP contribution in [0, 0.1) is 0 Å². The van der Waals surface area contributed by atoms with Crippen LogP contribution in [0.3, 0.4) is 0 Å². The van der Waals surface area contributed by atoms with E-state index in [0.29, 0.717) is 63.0 Å². The number of morpholine rings is 1. The molecule has 0 unspecified atom stereocenters. The summed E-state index contributed by atoms with van der Waals surface area (Å²) in [5.41, 5.74) is 1.78. The van der Waals surface area contributed by atoms with E-state index in [0.717, 1.165) is 18.7 Å². The lowest BCUT2D eigenvalue weighted by molar-refractivity contribution is -0.132. The molecule has 0 radical (unpaired) electrons. The quantitative estimate of drug-likeness (QED) is 0.392. The molecule has 0 spiro atoms. The molecule has 1 aliphatic heterocycles. The largest absolute Gasteiger partial charge is 0.497 e. The first-order valence-electron chi connectivity index (χ1n) is 12.9. The summed E-state index contributed by atoms with van der Waals surface area (Å²) in [5.74, 6) is 1.27. The average molecular weight is 521 g/mol. The van der Waals surface area contributed by atoms with Gasteiger partial charge in [-0.2, -0.15) is 0 Å². The fourth-order valence-corrected chi connectivity index (χ4v) is 4.27. The minimum Gasteiger partial charge on any atom is -0.497 e. The standard InChI is InChI=1S/C29H36N4O5/c1-36-26-11-9-25(10-12-26)30-29(35)33(16-15-31-17-20-37-21-18-31)23-28(34)32(22-27-8-5-19-38-27)14-13-24-6-3-2-4-7-24/h2-12,19H,13-18,20-23H2,1H3,(H,30,35). The molecule has 1 fully saturated rings. The smallest absolute Gasteiger partial charge is 0.322 e. The molecule has 202 valence electrons. The normalized spacial score (nSPS) is 13.6. The number of carbonyl (C=O) groups is 2. The van der Waals surface area contributed by atoms with Crippen molar-refractivity contribution in [1.82, 2.24) is 14.7 Å². The Morgan fingerprint density at radius 1 is 0.947 bits per heavy atom. The van der Waals surface area contributed by atoms with Crippen LogP contribution < -0.4 is 10.1 Å². The zero-order valence-electron chi connectivity index (χ0n) is 21.9. The summed E-state index contributed by atoms with van der Waals surface area (Å²) in [6.07, 6.45) is 2.31. The summed E-state index contributed by atoms with van der Waals surface area (Å²) in [6, 6.07) is 20.5. The first-order valence-corrected chi connectivity index (χ1v) is 12.9. The van der Waals surface area contributed by atoms with Gasteiger partial charge in [-0.15, -0.1) is 0 Å². The van der Waals surface area contributed by atoms with Crippen LogP contribution in [0.4, 0.5) is 10.5 Å². The Balaban J connectivity index is 1.45. The lowest BCUT2D eigenvalue weighted by atomic mass is 10.1. The van der Waals surface area contributed by atoms with Gasteiger partial charge >= 0.3 is 6.03 Å². The maximum Gasteiger partial charge on any atom is 0.322 e. The molecule has 0 bridgehead atoms. The van der Waals surface area contributed by atoms with Gasteiger partial charge in [-0.05, 0) is 48.4 Å². The van der Waals surface area contributed by atoms with E-state index in [9.17, 15) is 9.59 Å². The molecule has 4 rings (SSSR count). The average Bonchev–Trinajstić information content (AvgIpc) is 3.48. The van der Waals surface area contributed by atoms with E-state index in [1.807, 2.05) is 42.5 Å². The summed E-state index contributed by atoms with van der Waals surface area (Å²) in [7, 11) is 1.60. The summed E-state index contributed by atoms with van der Waals surface area (Å²) < 4.78 is 16.2. The Kier molecular flexibility index (Phi) is 10.2. The van der Waals surface area contributed by atoms with Gasteiger partial charge in [-0.25, -0.2) is 4.79 Å². The van der Waals surface area contributed by atoms with Gasteiger partial charge < -0.3 is 29.0 Å². The van der Waals surface area contributed by atoms with Crippen LogP contribution in [-0.2, 0) is 22.5 Å². The lowest BCUT2D eigenvalue weighted by Crippen LogP contribution is -2.48. The first kappa shape index (κ1) is 27.2. The molecule has 1 aliphatic rings. The number of anilines is 1. The number of nitrogens with one attached hydrogen (secondary N) is 1. The summed E-state index contributed by atoms with van der Waals surface area (Å²) in [4.78, 5) is 32.5. The van der Waals surface area contributed by atoms with E-state index in [4.69, 9.17) is 13.9 Å². The molecule has 38 heavy (non-hydrogen) atoms. The molecule has 2 heterocycles. The van der Waals surface area contributed by atoms with Crippen LogP contribution in [-0.4, -0.2) is 86.2 Å². The molecule has 3 amide bonds. The van der Waals surface area contributed by atoms with Crippen LogP contribution in [0.5, 0.6) is 5.75 Å².